The van der Waals surface area contributed by atoms with Crippen molar-refractivity contribution in [2.45, 2.75) is 18.9 Å². The highest BCUT2D eigenvalue weighted by Crippen LogP contribution is 2.29. The molecule has 2 heterocycles. The van der Waals surface area contributed by atoms with Crippen LogP contribution in [0, 0.1) is 0 Å². The Morgan fingerprint density at radius 3 is 2.64 bits per heavy atom. The van der Waals surface area contributed by atoms with Gasteiger partial charge in [0.25, 0.3) is 0 Å². The van der Waals surface area contributed by atoms with Crippen LogP contribution >= 0.6 is 22.7 Å². The van der Waals surface area contributed by atoms with Gasteiger partial charge in [0.05, 0.1) is 0 Å². The van der Waals surface area contributed by atoms with Crippen molar-refractivity contribution in [1.29, 1.82) is 0 Å². The quantitative estimate of drug-likeness (QED) is 0.453. The van der Waals surface area contributed by atoms with Crippen LogP contribution in [0.2, 0.25) is 0 Å². The maximum absolute atomic E-state index is 10.5. The van der Waals surface area contributed by atoms with E-state index in [0.717, 1.165) is 11.4 Å². The first-order valence-corrected chi connectivity index (χ1v) is 10.0. The summed E-state index contributed by atoms with van der Waals surface area (Å²) < 4.78 is 1.20. The zero-order valence-electron chi connectivity index (χ0n) is 14.4. The molecule has 25 heavy (non-hydrogen) atoms. The molecule has 132 valence electrons. The smallest absolute Gasteiger partial charge is 0.191 e. The van der Waals surface area contributed by atoms with Crippen LogP contribution in [0.3, 0.4) is 0 Å². The average molecular weight is 374 g/mol. The molecule has 0 saturated carbocycles. The molecule has 6 heteroatoms. The molecule has 3 rings (SSSR count). The molecule has 3 N–H and O–H groups in total. The number of aliphatic imine (C=N–C) groups is 1. The maximum atomic E-state index is 10.5. The van der Waals surface area contributed by atoms with Crippen LogP contribution in [-0.4, -0.2) is 31.2 Å². The van der Waals surface area contributed by atoms with Gasteiger partial charge >= 0.3 is 0 Å². The third kappa shape index (κ3) is 4.60. The highest BCUT2D eigenvalue weighted by molar-refractivity contribution is 7.19. The number of rotatable bonds is 6. The van der Waals surface area contributed by atoms with Gasteiger partial charge < -0.3 is 15.7 Å². The number of benzene rings is 1. The summed E-state index contributed by atoms with van der Waals surface area (Å²) in [5.74, 6) is 1.13. The van der Waals surface area contributed by atoms with Crippen LogP contribution < -0.4 is 10.6 Å². The van der Waals surface area contributed by atoms with E-state index in [1.165, 1.54) is 15.0 Å². The highest BCUT2D eigenvalue weighted by Gasteiger charge is 2.13. The van der Waals surface area contributed by atoms with Crippen molar-refractivity contribution in [3.63, 3.8) is 0 Å². The lowest BCUT2D eigenvalue weighted by molar-refractivity contribution is 0.184. The zero-order valence-corrected chi connectivity index (χ0v) is 16.0. The summed E-state index contributed by atoms with van der Waals surface area (Å²) in [5, 5.41) is 20.3. The van der Waals surface area contributed by atoms with Crippen molar-refractivity contribution in [2.24, 2.45) is 4.99 Å². The molecule has 0 aliphatic heterocycles. The molecule has 0 aliphatic rings. The predicted octanol–water partition coefficient (Wildman–Crippen LogP) is 3.96. The predicted molar refractivity (Wildman–Crippen MR) is 109 cm³/mol. The van der Waals surface area contributed by atoms with Crippen molar-refractivity contribution in [3.05, 3.63) is 57.6 Å². The SMILES string of the molecule is CN=C(NCC(C)c1cccs1)NCC(O)c1cc2ccccc2s1. The third-order valence-electron chi connectivity index (χ3n) is 4.06. The first-order chi connectivity index (χ1) is 12.2. The summed E-state index contributed by atoms with van der Waals surface area (Å²) in [4.78, 5) is 6.56. The Hall–Kier alpha value is -1.89. The van der Waals surface area contributed by atoms with E-state index in [4.69, 9.17) is 0 Å². The fraction of sp³-hybridized carbons (Fsp3) is 0.316. The van der Waals surface area contributed by atoms with E-state index in [0.29, 0.717) is 18.4 Å². The van der Waals surface area contributed by atoms with Crippen molar-refractivity contribution in [3.8, 4) is 0 Å². The van der Waals surface area contributed by atoms with Crippen molar-refractivity contribution < 1.29 is 5.11 Å². The van der Waals surface area contributed by atoms with Gasteiger partial charge in [-0.25, -0.2) is 0 Å². The van der Waals surface area contributed by atoms with Crippen molar-refractivity contribution in [2.75, 3.05) is 20.1 Å². The van der Waals surface area contributed by atoms with E-state index in [9.17, 15) is 5.11 Å². The molecule has 0 bridgehead atoms. The molecule has 2 aromatic heterocycles. The summed E-state index contributed by atoms with van der Waals surface area (Å²) in [6.07, 6.45) is -0.550. The van der Waals surface area contributed by atoms with E-state index in [2.05, 4.69) is 58.3 Å². The number of hydrogen-bond donors (Lipinski definition) is 3. The van der Waals surface area contributed by atoms with E-state index < -0.39 is 6.10 Å². The summed E-state index contributed by atoms with van der Waals surface area (Å²) >= 11 is 3.40. The molecule has 0 saturated heterocycles. The van der Waals surface area contributed by atoms with Gasteiger partial charge in [0, 0.05) is 40.5 Å². The number of guanidine groups is 1. The van der Waals surface area contributed by atoms with E-state index in [-0.39, 0.29) is 0 Å². The second-order valence-electron chi connectivity index (χ2n) is 5.95. The minimum Gasteiger partial charge on any atom is -0.386 e. The molecule has 4 nitrogen and oxygen atoms in total. The van der Waals surface area contributed by atoms with Gasteiger partial charge in [-0.1, -0.05) is 31.2 Å². The number of fused-ring (bicyclic) bond motifs is 1. The lowest BCUT2D eigenvalue weighted by Gasteiger charge is -2.17. The minimum atomic E-state index is -0.550. The number of thiophene rings is 2. The second-order valence-corrected chi connectivity index (χ2v) is 8.05. The van der Waals surface area contributed by atoms with Crippen LogP contribution in [0.1, 0.15) is 28.7 Å². The third-order valence-corrected chi connectivity index (χ3v) is 6.39. The molecule has 2 atom stereocenters. The van der Waals surface area contributed by atoms with E-state index >= 15 is 0 Å². The van der Waals surface area contributed by atoms with Gasteiger partial charge in [-0.05, 0) is 29.0 Å². The van der Waals surface area contributed by atoms with Crippen LogP contribution in [0.15, 0.2) is 52.8 Å². The Balaban J connectivity index is 1.52. The van der Waals surface area contributed by atoms with Gasteiger partial charge in [0.15, 0.2) is 5.96 Å². The lowest BCUT2D eigenvalue weighted by atomic mass is 10.1. The van der Waals surface area contributed by atoms with Crippen molar-refractivity contribution in [1.82, 2.24) is 10.6 Å². The van der Waals surface area contributed by atoms with Gasteiger partial charge in [0.1, 0.15) is 6.10 Å². The highest BCUT2D eigenvalue weighted by atomic mass is 32.1. The maximum Gasteiger partial charge on any atom is 0.191 e. The van der Waals surface area contributed by atoms with Crippen LogP contribution in [0.5, 0.6) is 0 Å². The lowest BCUT2D eigenvalue weighted by Crippen LogP contribution is -2.40. The zero-order chi connectivity index (χ0) is 17.6. The van der Waals surface area contributed by atoms with Gasteiger partial charge in [-0.2, -0.15) is 0 Å². The monoisotopic (exact) mass is 373 g/mol. The van der Waals surface area contributed by atoms with Gasteiger partial charge in [-0.15, -0.1) is 22.7 Å². The Morgan fingerprint density at radius 1 is 1.12 bits per heavy atom. The number of aliphatic hydroxyl groups is 1. The summed E-state index contributed by atoms with van der Waals surface area (Å²) in [6, 6.07) is 14.5. The molecule has 2 unspecified atom stereocenters. The fourth-order valence-electron chi connectivity index (χ4n) is 2.60. The number of nitrogens with one attached hydrogen (secondary N) is 2. The molecule has 3 aromatic rings. The second kappa shape index (κ2) is 8.47. The topological polar surface area (TPSA) is 56.7 Å². The Labute approximate surface area is 156 Å². The average Bonchev–Trinajstić information content (AvgIpc) is 3.30. The first-order valence-electron chi connectivity index (χ1n) is 8.32. The van der Waals surface area contributed by atoms with Gasteiger partial charge in [-0.3, -0.25) is 4.99 Å². The number of hydrogen-bond acceptors (Lipinski definition) is 4. The molecular formula is C19H23N3OS2. The summed E-state index contributed by atoms with van der Waals surface area (Å²) in [7, 11) is 1.75. The molecule has 0 aliphatic carbocycles. The summed E-state index contributed by atoms with van der Waals surface area (Å²) in [6.45, 7) is 3.43. The summed E-state index contributed by atoms with van der Waals surface area (Å²) in [5.41, 5.74) is 0. The number of nitrogens with zero attached hydrogens (tertiary/aromatic N) is 1. The Morgan fingerprint density at radius 2 is 1.92 bits per heavy atom. The van der Waals surface area contributed by atoms with Crippen LogP contribution in [-0.2, 0) is 0 Å². The Bertz CT molecular complexity index is 793. The van der Waals surface area contributed by atoms with Crippen molar-refractivity contribution >= 4 is 38.7 Å². The number of aliphatic hydroxyl groups excluding tert-OH is 1. The van der Waals surface area contributed by atoms with Crippen LogP contribution in [0.4, 0.5) is 0 Å². The van der Waals surface area contributed by atoms with Crippen LogP contribution in [0.25, 0.3) is 10.1 Å². The largest absolute Gasteiger partial charge is 0.386 e. The molecule has 0 radical (unpaired) electrons. The van der Waals surface area contributed by atoms with Gasteiger partial charge in [0.2, 0.25) is 0 Å². The fourth-order valence-corrected chi connectivity index (χ4v) is 4.44. The molecule has 0 fully saturated rings. The van der Waals surface area contributed by atoms with E-state index in [1.54, 1.807) is 29.7 Å². The standard InChI is InChI=1S/C19H23N3OS2/c1-13(16-8-5-9-24-16)11-21-19(20-2)22-12-15(23)18-10-14-6-3-4-7-17(14)25-18/h3-10,13,15,23H,11-12H2,1-2H3,(H2,20,21,22). The first kappa shape index (κ1) is 17.9. The van der Waals surface area contributed by atoms with E-state index in [1.807, 2.05) is 12.1 Å². The molecule has 1 aromatic carbocycles. The molecular weight excluding hydrogens is 350 g/mol. The minimum absolute atomic E-state index is 0.422. The normalized spacial score (nSPS) is 14.4. The molecule has 0 amide bonds. The molecule has 0 spiro atoms. The Kier molecular flexibility index (Phi) is 6.07.